The summed E-state index contributed by atoms with van der Waals surface area (Å²) >= 11 is 9.42. The Morgan fingerprint density at radius 2 is 2.00 bits per heavy atom. The molecule has 0 aliphatic heterocycles. The van der Waals surface area contributed by atoms with Gasteiger partial charge < -0.3 is 10.4 Å². The number of benzene rings is 2. The molecule has 0 bridgehead atoms. The van der Waals surface area contributed by atoms with Crippen molar-refractivity contribution < 1.29 is 9.90 Å². The molecule has 0 atom stereocenters. The standard InChI is InChI=1S/C14H11BrClNO2/c15-11-7-9(14(18)19)5-6-13(11)17-8-10-3-1-2-4-12(10)16/h1-7,17H,8H2,(H,18,19). The van der Waals surface area contributed by atoms with Crippen molar-refractivity contribution in [3.8, 4) is 0 Å². The average molecular weight is 341 g/mol. The fraction of sp³-hybridized carbons (Fsp3) is 0.0714. The maximum absolute atomic E-state index is 10.8. The van der Waals surface area contributed by atoms with Gasteiger partial charge in [-0.2, -0.15) is 0 Å². The Hall–Kier alpha value is -1.52. The third-order valence-corrected chi connectivity index (χ3v) is 3.67. The summed E-state index contributed by atoms with van der Waals surface area (Å²) in [6.45, 7) is 0.574. The predicted octanol–water partition coefficient (Wildman–Crippen LogP) is 4.41. The summed E-state index contributed by atoms with van der Waals surface area (Å²) in [5, 5.41) is 12.8. The second-order valence-corrected chi connectivity index (χ2v) is 5.21. The number of hydrogen-bond donors (Lipinski definition) is 2. The molecular formula is C14H11BrClNO2. The lowest BCUT2D eigenvalue weighted by Gasteiger charge is -2.10. The van der Waals surface area contributed by atoms with Crippen LogP contribution in [0.4, 0.5) is 5.69 Å². The van der Waals surface area contributed by atoms with Crippen LogP contribution in [-0.4, -0.2) is 11.1 Å². The average Bonchev–Trinajstić information content (AvgIpc) is 2.39. The van der Waals surface area contributed by atoms with Gasteiger partial charge in [0.25, 0.3) is 0 Å². The molecule has 0 aliphatic rings. The first-order chi connectivity index (χ1) is 9.08. The highest BCUT2D eigenvalue weighted by Gasteiger charge is 2.07. The topological polar surface area (TPSA) is 49.3 Å². The molecule has 0 radical (unpaired) electrons. The monoisotopic (exact) mass is 339 g/mol. The molecule has 5 heteroatoms. The molecule has 2 aromatic carbocycles. The Kier molecular flexibility index (Phi) is 4.45. The minimum atomic E-state index is -0.946. The van der Waals surface area contributed by atoms with E-state index in [0.29, 0.717) is 16.0 Å². The Balaban J connectivity index is 2.12. The first-order valence-electron chi connectivity index (χ1n) is 5.58. The van der Waals surface area contributed by atoms with Gasteiger partial charge >= 0.3 is 5.97 Å². The van der Waals surface area contributed by atoms with Crippen molar-refractivity contribution in [3.05, 3.63) is 63.1 Å². The van der Waals surface area contributed by atoms with Gasteiger partial charge in [0.2, 0.25) is 0 Å². The highest BCUT2D eigenvalue weighted by molar-refractivity contribution is 9.10. The van der Waals surface area contributed by atoms with Gasteiger partial charge in [-0.25, -0.2) is 4.79 Å². The van der Waals surface area contributed by atoms with Crippen LogP contribution in [0.25, 0.3) is 0 Å². The molecule has 0 fully saturated rings. The third-order valence-electron chi connectivity index (χ3n) is 2.64. The normalized spacial score (nSPS) is 10.2. The van der Waals surface area contributed by atoms with Crippen LogP contribution in [-0.2, 0) is 6.54 Å². The molecule has 0 saturated carbocycles. The van der Waals surface area contributed by atoms with Crippen molar-refractivity contribution in [2.45, 2.75) is 6.54 Å². The van der Waals surface area contributed by atoms with E-state index < -0.39 is 5.97 Å². The van der Waals surface area contributed by atoms with E-state index in [2.05, 4.69) is 21.2 Å². The zero-order valence-electron chi connectivity index (χ0n) is 9.86. The van der Waals surface area contributed by atoms with Crippen LogP contribution in [0.1, 0.15) is 15.9 Å². The third kappa shape index (κ3) is 3.49. The molecule has 0 saturated heterocycles. The summed E-state index contributed by atoms with van der Waals surface area (Å²) < 4.78 is 0.708. The summed E-state index contributed by atoms with van der Waals surface area (Å²) in [6.07, 6.45) is 0. The number of rotatable bonds is 4. The molecule has 0 spiro atoms. The van der Waals surface area contributed by atoms with Crippen LogP contribution in [0.5, 0.6) is 0 Å². The SMILES string of the molecule is O=C(O)c1ccc(NCc2ccccc2Cl)c(Br)c1. The fourth-order valence-corrected chi connectivity index (χ4v) is 2.35. The number of aromatic carboxylic acids is 1. The van der Waals surface area contributed by atoms with Crippen molar-refractivity contribution in [3.63, 3.8) is 0 Å². The molecule has 0 unspecified atom stereocenters. The van der Waals surface area contributed by atoms with Crippen molar-refractivity contribution in [2.75, 3.05) is 5.32 Å². The van der Waals surface area contributed by atoms with Gasteiger partial charge in [-0.1, -0.05) is 29.8 Å². The van der Waals surface area contributed by atoms with E-state index in [4.69, 9.17) is 16.7 Å². The van der Waals surface area contributed by atoms with Gasteiger partial charge in [0.15, 0.2) is 0 Å². The van der Waals surface area contributed by atoms with Gasteiger partial charge in [0.05, 0.1) is 5.56 Å². The van der Waals surface area contributed by atoms with Crippen LogP contribution in [0.2, 0.25) is 5.02 Å². The van der Waals surface area contributed by atoms with E-state index >= 15 is 0 Å². The van der Waals surface area contributed by atoms with Gasteiger partial charge in [0.1, 0.15) is 0 Å². The summed E-state index contributed by atoms with van der Waals surface area (Å²) in [5.74, 6) is -0.946. The Morgan fingerprint density at radius 3 is 2.63 bits per heavy atom. The minimum Gasteiger partial charge on any atom is -0.478 e. The van der Waals surface area contributed by atoms with Gasteiger partial charge in [-0.05, 0) is 45.8 Å². The van der Waals surface area contributed by atoms with Gasteiger partial charge in [-0.3, -0.25) is 0 Å². The fourth-order valence-electron chi connectivity index (χ4n) is 1.62. The smallest absolute Gasteiger partial charge is 0.335 e. The molecule has 98 valence electrons. The Labute approximate surface area is 124 Å². The summed E-state index contributed by atoms with van der Waals surface area (Å²) in [7, 11) is 0. The molecule has 0 aromatic heterocycles. The van der Waals surface area contributed by atoms with Crippen LogP contribution >= 0.6 is 27.5 Å². The largest absolute Gasteiger partial charge is 0.478 e. The minimum absolute atomic E-state index is 0.246. The van der Waals surface area contributed by atoms with E-state index in [9.17, 15) is 4.79 Å². The van der Waals surface area contributed by atoms with Crippen LogP contribution < -0.4 is 5.32 Å². The number of carbonyl (C=O) groups is 1. The summed E-state index contributed by atoms with van der Waals surface area (Å²) in [6, 6.07) is 12.4. The van der Waals surface area contributed by atoms with E-state index in [1.807, 2.05) is 24.3 Å². The summed E-state index contributed by atoms with van der Waals surface area (Å²) in [4.78, 5) is 10.8. The second-order valence-electron chi connectivity index (χ2n) is 3.94. The first-order valence-corrected chi connectivity index (χ1v) is 6.75. The van der Waals surface area contributed by atoms with Crippen molar-refractivity contribution in [1.29, 1.82) is 0 Å². The van der Waals surface area contributed by atoms with Gasteiger partial charge in [-0.15, -0.1) is 0 Å². The number of nitrogens with one attached hydrogen (secondary N) is 1. The molecule has 2 rings (SSSR count). The molecule has 0 amide bonds. The highest BCUT2D eigenvalue weighted by atomic mass is 79.9. The molecule has 19 heavy (non-hydrogen) atoms. The maximum Gasteiger partial charge on any atom is 0.335 e. The lowest BCUT2D eigenvalue weighted by molar-refractivity contribution is 0.0697. The molecule has 3 nitrogen and oxygen atoms in total. The Morgan fingerprint density at radius 1 is 1.26 bits per heavy atom. The lowest BCUT2D eigenvalue weighted by atomic mass is 10.2. The number of carboxylic acid groups (broad SMARTS) is 1. The van der Waals surface area contributed by atoms with Gasteiger partial charge in [0, 0.05) is 21.7 Å². The second kappa shape index (κ2) is 6.08. The lowest BCUT2D eigenvalue weighted by Crippen LogP contribution is -2.02. The zero-order valence-corrected chi connectivity index (χ0v) is 12.2. The number of carboxylic acids is 1. The summed E-state index contributed by atoms with van der Waals surface area (Å²) in [5.41, 5.74) is 2.05. The van der Waals surface area contributed by atoms with E-state index in [0.717, 1.165) is 11.3 Å². The molecular weight excluding hydrogens is 330 g/mol. The van der Waals surface area contributed by atoms with E-state index in [1.165, 1.54) is 0 Å². The Bertz CT molecular complexity index is 616. The van der Waals surface area contributed by atoms with Crippen LogP contribution in [0.15, 0.2) is 46.9 Å². The highest BCUT2D eigenvalue weighted by Crippen LogP contribution is 2.25. The van der Waals surface area contributed by atoms with Crippen molar-refractivity contribution >= 4 is 39.2 Å². The number of anilines is 1. The van der Waals surface area contributed by atoms with Crippen LogP contribution in [0.3, 0.4) is 0 Å². The van der Waals surface area contributed by atoms with Crippen molar-refractivity contribution in [1.82, 2.24) is 0 Å². The number of halogens is 2. The number of hydrogen-bond acceptors (Lipinski definition) is 2. The van der Waals surface area contributed by atoms with E-state index in [-0.39, 0.29) is 5.56 Å². The van der Waals surface area contributed by atoms with Crippen molar-refractivity contribution in [2.24, 2.45) is 0 Å². The first kappa shape index (κ1) is 13.9. The molecule has 0 aliphatic carbocycles. The van der Waals surface area contributed by atoms with E-state index in [1.54, 1.807) is 18.2 Å². The molecule has 0 heterocycles. The zero-order chi connectivity index (χ0) is 13.8. The molecule has 2 aromatic rings. The predicted molar refractivity (Wildman–Crippen MR) is 79.9 cm³/mol. The molecule has 2 N–H and O–H groups in total. The van der Waals surface area contributed by atoms with Crippen LogP contribution in [0, 0.1) is 0 Å². The quantitative estimate of drug-likeness (QED) is 0.866. The maximum atomic E-state index is 10.8.